The molecular weight excluding hydrogens is 331 g/mol. The molecule has 5 heteroatoms. The normalized spacial score (nSPS) is 16.4. The highest BCUT2D eigenvalue weighted by molar-refractivity contribution is 6.00. The number of methoxy groups -OCH3 is 1. The largest absolute Gasteiger partial charge is 0.496 e. The molecule has 132 valence electrons. The van der Waals surface area contributed by atoms with Gasteiger partial charge in [-0.3, -0.25) is 4.79 Å². The van der Waals surface area contributed by atoms with Crippen molar-refractivity contribution in [3.05, 3.63) is 76.9 Å². The molecule has 26 heavy (non-hydrogen) atoms. The van der Waals surface area contributed by atoms with Crippen LogP contribution in [0, 0.1) is 12.7 Å². The average Bonchev–Trinajstić information content (AvgIpc) is 2.99. The molecule has 0 saturated carbocycles. The van der Waals surface area contributed by atoms with Crippen molar-refractivity contribution in [2.24, 2.45) is 0 Å². The molecule has 2 aromatic carbocycles. The average molecular weight is 350 g/mol. The Morgan fingerprint density at radius 1 is 1.12 bits per heavy atom. The van der Waals surface area contributed by atoms with Gasteiger partial charge in [-0.15, -0.1) is 0 Å². The quantitative estimate of drug-likeness (QED) is 0.710. The van der Waals surface area contributed by atoms with Crippen LogP contribution < -0.4 is 4.74 Å². The van der Waals surface area contributed by atoms with Crippen molar-refractivity contribution in [3.8, 4) is 11.4 Å². The maximum absolute atomic E-state index is 14.3. The van der Waals surface area contributed by atoms with E-state index in [2.05, 4.69) is 5.10 Å². The summed E-state index contributed by atoms with van der Waals surface area (Å²) in [5.74, 6) is 0.433. The van der Waals surface area contributed by atoms with E-state index in [0.717, 1.165) is 17.0 Å². The molecule has 4 rings (SSSR count). The van der Waals surface area contributed by atoms with Crippen molar-refractivity contribution in [3.63, 3.8) is 0 Å². The molecule has 0 saturated heterocycles. The highest BCUT2D eigenvalue weighted by Gasteiger charge is 2.33. The SMILES string of the molecule is COc1ccccc1[C@@H]1CC(=O)c2c(C)nn(-c3ccccc3F)c2C1. The van der Waals surface area contributed by atoms with Crippen LogP contribution in [-0.2, 0) is 6.42 Å². The molecule has 4 nitrogen and oxygen atoms in total. The van der Waals surface area contributed by atoms with Crippen molar-refractivity contribution < 1.29 is 13.9 Å². The van der Waals surface area contributed by atoms with Crippen LogP contribution >= 0.6 is 0 Å². The van der Waals surface area contributed by atoms with E-state index in [0.29, 0.717) is 29.8 Å². The molecular formula is C21H19FN2O2. The van der Waals surface area contributed by atoms with E-state index < -0.39 is 0 Å². The zero-order valence-corrected chi connectivity index (χ0v) is 14.7. The Balaban J connectivity index is 1.83. The summed E-state index contributed by atoms with van der Waals surface area (Å²) in [6.45, 7) is 1.80. The zero-order chi connectivity index (χ0) is 18.3. The molecule has 0 spiro atoms. The van der Waals surface area contributed by atoms with Crippen LogP contribution in [0.5, 0.6) is 5.75 Å². The van der Waals surface area contributed by atoms with Crippen molar-refractivity contribution in [1.29, 1.82) is 0 Å². The van der Waals surface area contributed by atoms with Gasteiger partial charge in [0.1, 0.15) is 17.3 Å². The minimum Gasteiger partial charge on any atom is -0.496 e. The second-order valence-electron chi connectivity index (χ2n) is 6.54. The topological polar surface area (TPSA) is 44.1 Å². The van der Waals surface area contributed by atoms with Crippen molar-refractivity contribution in [2.45, 2.75) is 25.7 Å². The maximum Gasteiger partial charge on any atom is 0.167 e. The number of nitrogens with zero attached hydrogens (tertiary/aromatic N) is 2. The monoisotopic (exact) mass is 350 g/mol. The second kappa shape index (κ2) is 6.41. The first kappa shape index (κ1) is 16.5. The Morgan fingerprint density at radius 3 is 2.62 bits per heavy atom. The number of carbonyl (C=O) groups is 1. The fourth-order valence-electron chi connectivity index (χ4n) is 3.80. The van der Waals surface area contributed by atoms with Gasteiger partial charge >= 0.3 is 0 Å². The molecule has 0 N–H and O–H groups in total. The van der Waals surface area contributed by atoms with E-state index in [-0.39, 0.29) is 17.5 Å². The summed E-state index contributed by atoms with van der Waals surface area (Å²) in [5, 5.41) is 4.47. The molecule has 3 aromatic rings. The van der Waals surface area contributed by atoms with Gasteiger partial charge in [0.05, 0.1) is 24.1 Å². The molecule has 1 heterocycles. The number of Topliss-reactive ketones (excluding diaryl/α,β-unsaturated/α-hetero) is 1. The molecule has 0 radical (unpaired) electrons. The smallest absolute Gasteiger partial charge is 0.167 e. The summed E-state index contributed by atoms with van der Waals surface area (Å²) in [6.07, 6.45) is 1.01. The van der Waals surface area contributed by atoms with E-state index in [1.54, 1.807) is 36.9 Å². The fraction of sp³-hybridized carbons (Fsp3) is 0.238. The first-order chi connectivity index (χ1) is 12.6. The second-order valence-corrected chi connectivity index (χ2v) is 6.54. The highest BCUT2D eigenvalue weighted by atomic mass is 19.1. The van der Waals surface area contributed by atoms with Crippen molar-refractivity contribution >= 4 is 5.78 Å². The van der Waals surface area contributed by atoms with Crippen molar-refractivity contribution in [2.75, 3.05) is 7.11 Å². The van der Waals surface area contributed by atoms with Gasteiger partial charge in [0, 0.05) is 12.3 Å². The third-order valence-electron chi connectivity index (χ3n) is 4.97. The lowest BCUT2D eigenvalue weighted by Crippen LogP contribution is -2.21. The highest BCUT2D eigenvalue weighted by Crippen LogP contribution is 2.38. The number of ether oxygens (including phenoxy) is 1. The Bertz CT molecular complexity index is 993. The summed E-state index contributed by atoms with van der Waals surface area (Å²) >= 11 is 0. The predicted octanol–water partition coefficient (Wildman–Crippen LogP) is 4.24. The Morgan fingerprint density at radius 2 is 1.85 bits per heavy atom. The number of ketones is 1. The van der Waals surface area contributed by atoms with Gasteiger partial charge in [0.2, 0.25) is 0 Å². The van der Waals surface area contributed by atoms with Gasteiger partial charge in [-0.25, -0.2) is 9.07 Å². The molecule has 0 bridgehead atoms. The molecule has 0 fully saturated rings. The number of halogens is 1. The first-order valence-electron chi connectivity index (χ1n) is 8.59. The summed E-state index contributed by atoms with van der Waals surface area (Å²) in [5.41, 5.74) is 3.39. The molecule has 1 atom stereocenters. The number of benzene rings is 2. The molecule has 1 aromatic heterocycles. The van der Waals surface area contributed by atoms with Gasteiger partial charge in [0.15, 0.2) is 5.78 Å². The lowest BCUT2D eigenvalue weighted by molar-refractivity contribution is 0.0963. The lowest BCUT2D eigenvalue weighted by atomic mass is 9.81. The molecule has 0 unspecified atom stereocenters. The van der Waals surface area contributed by atoms with Crippen LogP contribution in [0.15, 0.2) is 48.5 Å². The number of fused-ring (bicyclic) bond motifs is 1. The lowest BCUT2D eigenvalue weighted by Gasteiger charge is -2.24. The van der Waals surface area contributed by atoms with Gasteiger partial charge in [-0.05, 0) is 37.1 Å². The number of hydrogen-bond acceptors (Lipinski definition) is 3. The van der Waals surface area contributed by atoms with E-state index in [4.69, 9.17) is 4.74 Å². The van der Waals surface area contributed by atoms with Crippen LogP contribution in [0.1, 0.15) is 39.6 Å². The van der Waals surface area contributed by atoms with Crippen LogP contribution in [0.25, 0.3) is 5.69 Å². The number of carbonyl (C=O) groups excluding carboxylic acids is 1. The third kappa shape index (κ3) is 2.60. The van der Waals surface area contributed by atoms with Gasteiger partial charge in [-0.2, -0.15) is 5.10 Å². The van der Waals surface area contributed by atoms with Crippen LogP contribution in [0.2, 0.25) is 0 Å². The zero-order valence-electron chi connectivity index (χ0n) is 14.7. The minimum absolute atomic E-state index is 0.0206. The molecule has 0 aliphatic heterocycles. The number of aromatic nitrogens is 2. The minimum atomic E-state index is -0.357. The number of para-hydroxylation sites is 2. The van der Waals surface area contributed by atoms with E-state index in [9.17, 15) is 9.18 Å². The number of aryl methyl sites for hydroxylation is 1. The summed E-state index contributed by atoms with van der Waals surface area (Å²) < 4.78 is 21.4. The molecule has 1 aliphatic carbocycles. The summed E-state index contributed by atoms with van der Waals surface area (Å²) in [6, 6.07) is 14.2. The third-order valence-corrected chi connectivity index (χ3v) is 4.97. The number of hydrogen-bond donors (Lipinski definition) is 0. The van der Waals surface area contributed by atoms with E-state index in [1.807, 2.05) is 24.3 Å². The Hall–Kier alpha value is -2.95. The maximum atomic E-state index is 14.3. The van der Waals surface area contributed by atoms with E-state index >= 15 is 0 Å². The van der Waals surface area contributed by atoms with Crippen molar-refractivity contribution in [1.82, 2.24) is 9.78 Å². The number of rotatable bonds is 3. The van der Waals surface area contributed by atoms with Crippen LogP contribution in [-0.4, -0.2) is 22.7 Å². The standard InChI is InChI=1S/C21H19FN2O2/c1-13-21-18(24(23-13)17-9-5-4-8-16(17)22)11-14(12-19(21)25)15-7-3-6-10-20(15)26-2/h3-10,14H,11-12H2,1-2H3/t14-/m0/s1. The molecule has 1 aliphatic rings. The van der Waals surface area contributed by atoms with Crippen LogP contribution in [0.4, 0.5) is 4.39 Å². The first-order valence-corrected chi connectivity index (χ1v) is 8.59. The van der Waals surface area contributed by atoms with Gasteiger partial charge < -0.3 is 4.74 Å². The van der Waals surface area contributed by atoms with Crippen LogP contribution in [0.3, 0.4) is 0 Å². The van der Waals surface area contributed by atoms with Gasteiger partial charge in [-0.1, -0.05) is 30.3 Å². The van der Waals surface area contributed by atoms with E-state index in [1.165, 1.54) is 6.07 Å². The van der Waals surface area contributed by atoms with Gasteiger partial charge in [0.25, 0.3) is 0 Å². The summed E-state index contributed by atoms with van der Waals surface area (Å²) in [7, 11) is 1.63. The fourth-order valence-corrected chi connectivity index (χ4v) is 3.80. The molecule has 0 amide bonds. The summed E-state index contributed by atoms with van der Waals surface area (Å²) in [4.78, 5) is 12.8. The Labute approximate surface area is 151 Å². The predicted molar refractivity (Wildman–Crippen MR) is 96.6 cm³/mol. The Kier molecular flexibility index (Phi) is 4.07.